The summed E-state index contributed by atoms with van der Waals surface area (Å²) in [7, 11) is 2.06. The maximum absolute atomic E-state index is 4.40. The summed E-state index contributed by atoms with van der Waals surface area (Å²) in [5.74, 6) is 1.16. The highest BCUT2D eigenvalue weighted by Gasteiger charge is 2.10. The van der Waals surface area contributed by atoms with Crippen molar-refractivity contribution in [3.63, 3.8) is 0 Å². The zero-order chi connectivity index (χ0) is 14.2. The summed E-state index contributed by atoms with van der Waals surface area (Å²) < 4.78 is 2.10. The lowest BCUT2D eigenvalue weighted by Crippen LogP contribution is -2.32. The van der Waals surface area contributed by atoms with Gasteiger partial charge >= 0.3 is 0 Å². The Hall–Kier alpha value is -1.68. The van der Waals surface area contributed by atoms with E-state index in [2.05, 4.69) is 46.0 Å². The van der Waals surface area contributed by atoms with Crippen LogP contribution in [0.1, 0.15) is 31.2 Å². The highest BCUT2D eigenvalue weighted by Crippen LogP contribution is 2.08. The van der Waals surface area contributed by atoms with Crippen molar-refractivity contribution in [3.8, 4) is 0 Å². The number of aryl methyl sites for hydroxylation is 2. The van der Waals surface area contributed by atoms with Crippen molar-refractivity contribution >= 4 is 0 Å². The zero-order valence-electron chi connectivity index (χ0n) is 12.4. The molecule has 0 aliphatic heterocycles. The van der Waals surface area contributed by atoms with Gasteiger partial charge in [-0.3, -0.25) is 4.98 Å². The van der Waals surface area contributed by atoms with Gasteiger partial charge in [-0.05, 0) is 43.5 Å². The molecular weight excluding hydrogens is 248 g/mol. The molecule has 0 amide bonds. The maximum atomic E-state index is 4.40. The van der Waals surface area contributed by atoms with E-state index in [1.54, 1.807) is 0 Å². The molecule has 0 aromatic carbocycles. The van der Waals surface area contributed by atoms with Crippen LogP contribution in [-0.2, 0) is 19.9 Å². The predicted octanol–water partition coefficient (Wildman–Crippen LogP) is 2.36. The molecule has 4 nitrogen and oxygen atoms in total. The van der Waals surface area contributed by atoms with Gasteiger partial charge in [-0.2, -0.15) is 0 Å². The fourth-order valence-electron chi connectivity index (χ4n) is 2.37. The molecule has 0 radical (unpaired) electrons. The first kappa shape index (κ1) is 14.7. The van der Waals surface area contributed by atoms with Crippen LogP contribution in [-0.4, -0.2) is 27.1 Å². The van der Waals surface area contributed by atoms with Gasteiger partial charge in [-0.15, -0.1) is 0 Å². The second-order valence-corrected chi connectivity index (χ2v) is 5.20. The number of nitrogens with one attached hydrogen (secondary N) is 1. The van der Waals surface area contributed by atoms with Crippen LogP contribution in [0.5, 0.6) is 0 Å². The number of imidazole rings is 1. The van der Waals surface area contributed by atoms with E-state index >= 15 is 0 Å². The van der Waals surface area contributed by atoms with E-state index in [0.29, 0.717) is 6.04 Å². The van der Waals surface area contributed by atoms with Crippen molar-refractivity contribution in [1.29, 1.82) is 0 Å². The van der Waals surface area contributed by atoms with Crippen LogP contribution in [0.2, 0.25) is 0 Å². The number of pyridine rings is 1. The van der Waals surface area contributed by atoms with Gasteiger partial charge in [0.25, 0.3) is 0 Å². The average Bonchev–Trinajstić information content (AvgIpc) is 2.88. The van der Waals surface area contributed by atoms with E-state index in [0.717, 1.165) is 38.1 Å². The van der Waals surface area contributed by atoms with Gasteiger partial charge in [0.15, 0.2) is 0 Å². The molecule has 108 valence electrons. The summed E-state index contributed by atoms with van der Waals surface area (Å²) in [6.07, 6.45) is 11.9. The Morgan fingerprint density at radius 1 is 1.25 bits per heavy atom. The SMILES string of the molecule is CCCNC(CCc1nccn1C)Cc1ccncc1. The van der Waals surface area contributed by atoms with Crippen LogP contribution in [0.3, 0.4) is 0 Å². The lowest BCUT2D eigenvalue weighted by Gasteiger charge is -2.18. The first-order chi connectivity index (χ1) is 9.79. The van der Waals surface area contributed by atoms with Crippen LogP contribution in [0, 0.1) is 0 Å². The molecule has 1 unspecified atom stereocenters. The molecule has 2 aromatic heterocycles. The minimum absolute atomic E-state index is 0.494. The molecule has 2 aromatic rings. The molecule has 1 N–H and O–H groups in total. The molecule has 20 heavy (non-hydrogen) atoms. The van der Waals surface area contributed by atoms with Gasteiger partial charge in [-0.1, -0.05) is 6.92 Å². The normalized spacial score (nSPS) is 12.5. The van der Waals surface area contributed by atoms with Gasteiger partial charge in [-0.25, -0.2) is 4.98 Å². The molecule has 0 fully saturated rings. The van der Waals surface area contributed by atoms with Gasteiger partial charge < -0.3 is 9.88 Å². The van der Waals surface area contributed by atoms with Crippen molar-refractivity contribution in [2.75, 3.05) is 6.54 Å². The van der Waals surface area contributed by atoms with E-state index in [1.807, 2.05) is 24.8 Å². The van der Waals surface area contributed by atoms with E-state index in [9.17, 15) is 0 Å². The quantitative estimate of drug-likeness (QED) is 0.802. The van der Waals surface area contributed by atoms with Crippen LogP contribution in [0.4, 0.5) is 0 Å². The smallest absolute Gasteiger partial charge is 0.108 e. The summed E-state index contributed by atoms with van der Waals surface area (Å²) in [5, 5.41) is 3.64. The molecule has 0 bridgehead atoms. The van der Waals surface area contributed by atoms with Crippen molar-refractivity contribution in [1.82, 2.24) is 19.9 Å². The Labute approximate surface area is 121 Å². The van der Waals surface area contributed by atoms with Crippen molar-refractivity contribution in [3.05, 3.63) is 48.3 Å². The highest BCUT2D eigenvalue weighted by molar-refractivity contribution is 5.11. The van der Waals surface area contributed by atoms with Gasteiger partial charge in [0.2, 0.25) is 0 Å². The van der Waals surface area contributed by atoms with Crippen LogP contribution in [0.15, 0.2) is 36.9 Å². The summed E-state index contributed by atoms with van der Waals surface area (Å²) >= 11 is 0. The van der Waals surface area contributed by atoms with Crippen molar-refractivity contribution in [2.24, 2.45) is 7.05 Å². The van der Waals surface area contributed by atoms with E-state index in [-0.39, 0.29) is 0 Å². The lowest BCUT2D eigenvalue weighted by molar-refractivity contribution is 0.470. The van der Waals surface area contributed by atoms with Crippen molar-refractivity contribution < 1.29 is 0 Å². The molecule has 4 heteroatoms. The third-order valence-corrected chi connectivity index (χ3v) is 3.55. The van der Waals surface area contributed by atoms with Crippen molar-refractivity contribution in [2.45, 2.75) is 38.6 Å². The molecule has 0 aliphatic carbocycles. The first-order valence-electron chi connectivity index (χ1n) is 7.38. The van der Waals surface area contributed by atoms with E-state index in [4.69, 9.17) is 0 Å². The molecule has 2 heterocycles. The maximum Gasteiger partial charge on any atom is 0.108 e. The molecule has 1 atom stereocenters. The molecule has 0 spiro atoms. The molecule has 0 saturated carbocycles. The zero-order valence-corrected chi connectivity index (χ0v) is 12.4. The minimum atomic E-state index is 0.494. The number of hydrogen-bond donors (Lipinski definition) is 1. The Morgan fingerprint density at radius 3 is 2.70 bits per heavy atom. The fourth-order valence-corrected chi connectivity index (χ4v) is 2.37. The predicted molar refractivity (Wildman–Crippen MR) is 81.6 cm³/mol. The second-order valence-electron chi connectivity index (χ2n) is 5.20. The van der Waals surface area contributed by atoms with Gasteiger partial charge in [0, 0.05) is 44.3 Å². The van der Waals surface area contributed by atoms with Crippen LogP contribution in [0.25, 0.3) is 0 Å². The average molecular weight is 272 g/mol. The Kier molecular flexibility index (Phi) is 5.74. The largest absolute Gasteiger partial charge is 0.338 e. The Bertz CT molecular complexity index is 492. The summed E-state index contributed by atoms with van der Waals surface area (Å²) in [6, 6.07) is 4.69. The summed E-state index contributed by atoms with van der Waals surface area (Å²) in [5.41, 5.74) is 1.34. The molecule has 0 aliphatic rings. The number of aromatic nitrogens is 3. The summed E-state index contributed by atoms with van der Waals surface area (Å²) in [6.45, 7) is 3.27. The first-order valence-corrected chi connectivity index (χ1v) is 7.38. The summed E-state index contributed by atoms with van der Waals surface area (Å²) in [4.78, 5) is 8.48. The molecule has 2 rings (SSSR count). The number of rotatable bonds is 8. The number of nitrogens with zero attached hydrogens (tertiary/aromatic N) is 3. The van der Waals surface area contributed by atoms with Gasteiger partial charge in [0.1, 0.15) is 5.82 Å². The second kappa shape index (κ2) is 7.80. The van der Waals surface area contributed by atoms with Gasteiger partial charge in [0.05, 0.1) is 0 Å². The van der Waals surface area contributed by atoms with Crippen LogP contribution >= 0.6 is 0 Å². The fraction of sp³-hybridized carbons (Fsp3) is 0.500. The topological polar surface area (TPSA) is 42.7 Å². The highest BCUT2D eigenvalue weighted by atomic mass is 15.0. The minimum Gasteiger partial charge on any atom is -0.338 e. The standard InChI is InChI=1S/C16H24N4/c1-3-8-18-15(13-14-6-9-17-10-7-14)4-5-16-19-11-12-20(16)2/h6-7,9-12,15,18H,3-5,8,13H2,1-2H3. The Balaban J connectivity index is 1.91. The number of hydrogen-bond acceptors (Lipinski definition) is 3. The molecular formula is C16H24N4. The molecule has 0 saturated heterocycles. The van der Waals surface area contributed by atoms with E-state index in [1.165, 1.54) is 5.56 Å². The lowest BCUT2D eigenvalue weighted by atomic mass is 10.0. The van der Waals surface area contributed by atoms with Crippen LogP contribution < -0.4 is 5.32 Å². The Morgan fingerprint density at radius 2 is 2.05 bits per heavy atom. The van der Waals surface area contributed by atoms with E-state index < -0.39 is 0 Å². The monoisotopic (exact) mass is 272 g/mol. The third-order valence-electron chi connectivity index (χ3n) is 3.55. The third kappa shape index (κ3) is 4.46.